The van der Waals surface area contributed by atoms with E-state index in [2.05, 4.69) is 6.58 Å². The summed E-state index contributed by atoms with van der Waals surface area (Å²) < 4.78 is 66.9. The number of alkyl halides is 3. The highest BCUT2D eigenvalue weighted by molar-refractivity contribution is 7.92. The van der Waals surface area contributed by atoms with Crippen LogP contribution >= 0.6 is 11.6 Å². The molecular weight excluding hydrogens is 529 g/mol. The van der Waals surface area contributed by atoms with Crippen LogP contribution in [0, 0.1) is 0 Å². The second-order valence-corrected chi connectivity index (χ2v) is 12.1. The van der Waals surface area contributed by atoms with E-state index in [1.165, 1.54) is 30.3 Å². The second kappa shape index (κ2) is 9.96. The Morgan fingerprint density at radius 3 is 2.35 bits per heavy atom. The third-order valence-electron chi connectivity index (χ3n) is 7.25. The van der Waals surface area contributed by atoms with Crippen molar-refractivity contribution in [2.24, 2.45) is 0 Å². The van der Waals surface area contributed by atoms with Crippen LogP contribution < -0.4 is 4.90 Å². The van der Waals surface area contributed by atoms with Gasteiger partial charge in [0.1, 0.15) is 5.37 Å². The summed E-state index contributed by atoms with van der Waals surface area (Å²) in [6.07, 6.45) is -2.16. The first-order chi connectivity index (χ1) is 17.3. The molecule has 1 aliphatic heterocycles. The molecule has 0 amide bonds. The molecule has 37 heavy (non-hydrogen) atoms. The summed E-state index contributed by atoms with van der Waals surface area (Å²) in [5, 5.41) is 8.07. The molecular formula is C26H28ClF3N2O4S. The lowest BCUT2D eigenvalue weighted by atomic mass is 10.0. The third-order valence-corrected chi connectivity index (χ3v) is 9.54. The van der Waals surface area contributed by atoms with Crippen molar-refractivity contribution in [2.45, 2.75) is 61.1 Å². The summed E-state index contributed by atoms with van der Waals surface area (Å²) in [4.78, 5) is 15.4. The van der Waals surface area contributed by atoms with E-state index >= 15 is 0 Å². The van der Waals surface area contributed by atoms with Gasteiger partial charge in [-0.15, -0.1) is 6.58 Å². The zero-order valence-electron chi connectivity index (χ0n) is 20.4. The summed E-state index contributed by atoms with van der Waals surface area (Å²) in [6.45, 7) is 8.20. The molecule has 1 saturated heterocycles. The first-order valence-corrected chi connectivity index (χ1v) is 13.8. The Labute approximate surface area is 219 Å². The second-order valence-electron chi connectivity index (χ2n) is 9.67. The van der Waals surface area contributed by atoms with Gasteiger partial charge in [0.05, 0.1) is 21.4 Å². The molecule has 4 atom stereocenters. The molecule has 2 aromatic carbocycles. The van der Waals surface area contributed by atoms with Crippen LogP contribution in [0.2, 0.25) is 5.02 Å². The van der Waals surface area contributed by atoms with E-state index in [4.69, 9.17) is 11.6 Å². The lowest BCUT2D eigenvalue weighted by Crippen LogP contribution is -2.61. The quantitative estimate of drug-likeness (QED) is 0.483. The average molecular weight is 557 g/mol. The fourth-order valence-electron chi connectivity index (χ4n) is 5.54. The number of carboxylic acid groups (broad SMARTS) is 1. The van der Waals surface area contributed by atoms with Gasteiger partial charge >= 0.3 is 12.1 Å². The fraction of sp³-hybridized carbons (Fsp3) is 0.423. The van der Waals surface area contributed by atoms with Crippen molar-refractivity contribution in [3.8, 4) is 0 Å². The van der Waals surface area contributed by atoms with Gasteiger partial charge in [0.25, 0.3) is 0 Å². The topological polar surface area (TPSA) is 77.9 Å². The van der Waals surface area contributed by atoms with Crippen LogP contribution in [0.15, 0.2) is 53.9 Å². The molecule has 0 spiro atoms. The monoisotopic (exact) mass is 556 g/mol. The van der Waals surface area contributed by atoms with Gasteiger partial charge in [-0.2, -0.15) is 13.2 Å². The highest BCUT2D eigenvalue weighted by atomic mass is 35.5. The van der Waals surface area contributed by atoms with Gasteiger partial charge < -0.3 is 10.0 Å². The molecule has 1 heterocycles. The molecule has 4 unspecified atom stereocenters. The van der Waals surface area contributed by atoms with Crippen LogP contribution in [-0.4, -0.2) is 54.9 Å². The van der Waals surface area contributed by atoms with E-state index in [1.807, 2.05) is 23.6 Å². The summed E-state index contributed by atoms with van der Waals surface area (Å²) >= 11 is 5.92. The van der Waals surface area contributed by atoms with Crippen LogP contribution in [0.25, 0.3) is 0 Å². The Kier molecular flexibility index (Phi) is 7.40. The third kappa shape index (κ3) is 5.11. The van der Waals surface area contributed by atoms with Crippen molar-refractivity contribution in [1.82, 2.24) is 4.90 Å². The maximum absolute atomic E-state index is 13.8. The predicted octanol–water partition coefficient (Wildman–Crippen LogP) is 5.36. The smallest absolute Gasteiger partial charge is 0.417 e. The number of carboxylic acids is 1. The standard InChI is InChI=1S/C26H28ClF3N2O4S/c1-4-24(37(35,36)19-8-5-17-6-9-20(25(33)34)21(17)12-19)32-15(2)13-31(14-16(32)3)18-7-10-22(23(27)11-18)26(28,29)30/h4-5,7-8,10-12,15-16,20,24H,1,6,9,13-14H2,2-3H3,(H,33,34). The van der Waals surface area contributed by atoms with Crippen molar-refractivity contribution in [1.29, 1.82) is 0 Å². The molecule has 1 aliphatic carbocycles. The molecule has 6 nitrogen and oxygen atoms in total. The summed E-state index contributed by atoms with van der Waals surface area (Å²) in [5.74, 6) is -1.71. The maximum Gasteiger partial charge on any atom is 0.417 e. The number of piperazine rings is 1. The van der Waals surface area contributed by atoms with E-state index in [0.717, 1.165) is 11.6 Å². The number of halogens is 4. The number of benzene rings is 2. The lowest BCUT2D eigenvalue weighted by Gasteiger charge is -2.47. The Hall–Kier alpha value is -2.56. The van der Waals surface area contributed by atoms with Gasteiger partial charge in [-0.25, -0.2) is 8.42 Å². The van der Waals surface area contributed by atoms with E-state index in [9.17, 15) is 31.5 Å². The van der Waals surface area contributed by atoms with Crippen LogP contribution in [0.3, 0.4) is 0 Å². The number of aliphatic carboxylic acids is 1. The SMILES string of the molecule is C=CC(N1C(C)CN(c2ccc(C(F)(F)F)c(Cl)c2)CC1C)S(=O)(=O)c1ccc2c(c1)C(C(=O)O)CC2. The largest absolute Gasteiger partial charge is 0.481 e. The van der Waals surface area contributed by atoms with Crippen molar-refractivity contribution >= 4 is 33.1 Å². The van der Waals surface area contributed by atoms with Crippen molar-refractivity contribution in [3.63, 3.8) is 0 Å². The highest BCUT2D eigenvalue weighted by Gasteiger charge is 2.41. The number of hydrogen-bond acceptors (Lipinski definition) is 5. The molecule has 1 N–H and O–H groups in total. The van der Waals surface area contributed by atoms with Crippen molar-refractivity contribution in [3.05, 3.63) is 70.8 Å². The Balaban J connectivity index is 1.60. The molecule has 4 rings (SSSR count). The number of aryl methyl sites for hydroxylation is 1. The molecule has 11 heteroatoms. The molecule has 200 valence electrons. The van der Waals surface area contributed by atoms with Crippen LogP contribution in [0.4, 0.5) is 18.9 Å². The molecule has 0 saturated carbocycles. The Morgan fingerprint density at radius 1 is 1.16 bits per heavy atom. The van der Waals surface area contributed by atoms with Gasteiger partial charge in [-0.3, -0.25) is 9.69 Å². The van der Waals surface area contributed by atoms with Gasteiger partial charge in [-0.1, -0.05) is 23.7 Å². The maximum atomic E-state index is 13.8. The molecule has 0 bridgehead atoms. The predicted molar refractivity (Wildman–Crippen MR) is 136 cm³/mol. The molecule has 0 aromatic heterocycles. The van der Waals surface area contributed by atoms with E-state index < -0.39 is 43.9 Å². The van der Waals surface area contributed by atoms with Crippen molar-refractivity contribution in [2.75, 3.05) is 18.0 Å². The summed E-state index contributed by atoms with van der Waals surface area (Å²) in [7, 11) is -3.95. The normalized spacial score (nSPS) is 23.5. The van der Waals surface area contributed by atoms with Crippen LogP contribution in [0.5, 0.6) is 0 Å². The minimum Gasteiger partial charge on any atom is -0.481 e. The first kappa shape index (κ1) is 27.5. The van der Waals surface area contributed by atoms with Gasteiger partial charge in [0.2, 0.25) is 0 Å². The van der Waals surface area contributed by atoms with Gasteiger partial charge in [0, 0.05) is 30.9 Å². The van der Waals surface area contributed by atoms with Gasteiger partial charge in [0.15, 0.2) is 9.84 Å². The lowest BCUT2D eigenvalue weighted by molar-refractivity contribution is -0.139. The number of rotatable bonds is 6. The number of anilines is 1. The molecule has 2 aromatic rings. The minimum absolute atomic E-state index is 0.0423. The van der Waals surface area contributed by atoms with Gasteiger partial charge in [-0.05, 0) is 68.1 Å². The molecule has 0 radical (unpaired) electrons. The number of fused-ring (bicyclic) bond motifs is 1. The van der Waals surface area contributed by atoms with E-state index in [0.29, 0.717) is 37.2 Å². The van der Waals surface area contributed by atoms with Crippen LogP contribution in [-0.2, 0) is 27.2 Å². The zero-order chi connectivity index (χ0) is 27.3. The fourth-order valence-corrected chi connectivity index (χ4v) is 7.64. The number of hydrogen-bond donors (Lipinski definition) is 1. The van der Waals surface area contributed by atoms with Crippen LogP contribution in [0.1, 0.15) is 42.9 Å². The summed E-state index contributed by atoms with van der Waals surface area (Å²) in [6, 6.07) is 7.68. The molecule has 1 fully saturated rings. The zero-order valence-corrected chi connectivity index (χ0v) is 21.9. The Morgan fingerprint density at radius 2 is 1.81 bits per heavy atom. The average Bonchev–Trinajstić information content (AvgIpc) is 3.24. The number of carbonyl (C=O) groups is 1. The van der Waals surface area contributed by atoms with E-state index in [1.54, 1.807) is 6.07 Å². The number of sulfone groups is 1. The first-order valence-electron chi connectivity index (χ1n) is 11.9. The Bertz CT molecular complexity index is 1320. The van der Waals surface area contributed by atoms with Crippen molar-refractivity contribution < 1.29 is 31.5 Å². The molecule has 2 aliphatic rings. The van der Waals surface area contributed by atoms with E-state index in [-0.39, 0.29) is 17.0 Å². The minimum atomic E-state index is -4.55. The summed E-state index contributed by atoms with van der Waals surface area (Å²) in [5.41, 5.74) is 0.983. The highest BCUT2D eigenvalue weighted by Crippen LogP contribution is 2.39. The number of nitrogens with zero attached hydrogens (tertiary/aromatic N) is 2.